The van der Waals surface area contributed by atoms with Crippen LogP contribution in [0.3, 0.4) is 0 Å². The third-order valence-electron chi connectivity index (χ3n) is 3.35. The van der Waals surface area contributed by atoms with Crippen molar-refractivity contribution in [2.75, 3.05) is 31.4 Å². The second-order valence-corrected chi connectivity index (χ2v) is 5.64. The predicted octanol–water partition coefficient (Wildman–Crippen LogP) is 4.34. The molecule has 0 atom stereocenters. The van der Waals surface area contributed by atoms with E-state index in [1.54, 1.807) is 7.11 Å². The molecule has 0 bridgehead atoms. The van der Waals surface area contributed by atoms with Crippen LogP contribution in [0.2, 0.25) is 5.02 Å². The topological polar surface area (TPSA) is 24.5 Å². The Morgan fingerprint density at radius 2 is 1.90 bits per heavy atom. The summed E-state index contributed by atoms with van der Waals surface area (Å²) in [6, 6.07) is 12.2. The lowest BCUT2D eigenvalue weighted by atomic mass is 10.1. The van der Waals surface area contributed by atoms with Crippen molar-refractivity contribution in [2.24, 2.45) is 0 Å². The van der Waals surface area contributed by atoms with Crippen LogP contribution in [-0.4, -0.2) is 21.2 Å². The number of nitrogens with one attached hydrogen (secondary N) is 1. The Hall–Kier alpha value is -1.87. The van der Waals surface area contributed by atoms with Gasteiger partial charge in [0.1, 0.15) is 5.75 Å². The molecule has 0 saturated carbocycles. The van der Waals surface area contributed by atoms with Crippen LogP contribution >= 0.6 is 11.6 Å². The van der Waals surface area contributed by atoms with Crippen LogP contribution in [0, 0.1) is 6.92 Å². The Bertz CT molecular complexity index is 626. The summed E-state index contributed by atoms with van der Waals surface area (Å²) in [5.74, 6) is 0.893. The second kappa shape index (κ2) is 6.72. The van der Waals surface area contributed by atoms with E-state index in [1.165, 1.54) is 5.56 Å². The van der Waals surface area contributed by atoms with Gasteiger partial charge in [-0.3, -0.25) is 0 Å². The van der Waals surface area contributed by atoms with Crippen molar-refractivity contribution in [3.05, 3.63) is 52.5 Å². The molecule has 0 radical (unpaired) electrons. The van der Waals surface area contributed by atoms with Crippen molar-refractivity contribution in [3.63, 3.8) is 0 Å². The van der Waals surface area contributed by atoms with Crippen LogP contribution in [0.25, 0.3) is 0 Å². The normalized spacial score (nSPS) is 10.3. The number of hydrogen-bond donors (Lipinski definition) is 1. The highest BCUT2D eigenvalue weighted by atomic mass is 35.5. The third-order valence-corrected chi connectivity index (χ3v) is 3.65. The molecular formula is C17H21ClN2O. The minimum Gasteiger partial charge on any atom is -0.496 e. The first-order valence-corrected chi connectivity index (χ1v) is 7.23. The van der Waals surface area contributed by atoms with Crippen molar-refractivity contribution < 1.29 is 4.74 Å². The fourth-order valence-corrected chi connectivity index (χ4v) is 2.57. The number of ether oxygens (including phenoxy) is 1. The Labute approximate surface area is 131 Å². The van der Waals surface area contributed by atoms with Gasteiger partial charge in [0.2, 0.25) is 0 Å². The van der Waals surface area contributed by atoms with E-state index in [9.17, 15) is 0 Å². The number of aryl methyl sites for hydroxylation is 1. The first-order valence-electron chi connectivity index (χ1n) is 6.85. The van der Waals surface area contributed by atoms with Crippen molar-refractivity contribution in [3.8, 4) is 5.75 Å². The molecule has 0 spiro atoms. The lowest BCUT2D eigenvalue weighted by molar-refractivity contribution is 0.410. The minimum atomic E-state index is 0.697. The number of halogens is 1. The molecule has 0 heterocycles. The number of rotatable bonds is 5. The number of methoxy groups -OCH3 is 1. The molecule has 0 fully saturated rings. The van der Waals surface area contributed by atoms with Gasteiger partial charge in [0.15, 0.2) is 0 Å². The van der Waals surface area contributed by atoms with E-state index in [4.69, 9.17) is 16.3 Å². The van der Waals surface area contributed by atoms with Crippen molar-refractivity contribution in [2.45, 2.75) is 13.5 Å². The largest absolute Gasteiger partial charge is 0.496 e. The molecule has 2 rings (SSSR count). The summed E-state index contributed by atoms with van der Waals surface area (Å²) in [5.41, 5.74) is 4.35. The molecule has 0 aliphatic carbocycles. The minimum absolute atomic E-state index is 0.697. The number of nitrogens with zero attached hydrogens (tertiary/aromatic N) is 1. The molecule has 0 aliphatic rings. The molecule has 4 heteroatoms. The number of anilines is 2. The molecule has 0 aliphatic heterocycles. The molecule has 0 aromatic heterocycles. The van der Waals surface area contributed by atoms with E-state index in [1.807, 2.05) is 49.3 Å². The van der Waals surface area contributed by atoms with Gasteiger partial charge in [0, 0.05) is 31.9 Å². The number of benzene rings is 2. The van der Waals surface area contributed by atoms with Crippen LogP contribution < -0.4 is 15.0 Å². The van der Waals surface area contributed by atoms with E-state index in [0.29, 0.717) is 6.54 Å². The zero-order chi connectivity index (χ0) is 15.4. The van der Waals surface area contributed by atoms with Crippen LogP contribution in [0.1, 0.15) is 11.1 Å². The van der Waals surface area contributed by atoms with Gasteiger partial charge in [-0.15, -0.1) is 0 Å². The lowest BCUT2D eigenvalue weighted by Crippen LogP contribution is -2.09. The summed E-state index contributed by atoms with van der Waals surface area (Å²) in [4.78, 5) is 2.00. The zero-order valence-corrected chi connectivity index (χ0v) is 13.7. The molecular weight excluding hydrogens is 284 g/mol. The van der Waals surface area contributed by atoms with Gasteiger partial charge < -0.3 is 15.0 Å². The van der Waals surface area contributed by atoms with Crippen molar-refractivity contribution in [1.82, 2.24) is 0 Å². The molecule has 0 unspecified atom stereocenters. The highest BCUT2D eigenvalue weighted by Crippen LogP contribution is 2.28. The van der Waals surface area contributed by atoms with Crippen molar-refractivity contribution >= 4 is 23.0 Å². The maximum atomic E-state index is 6.28. The van der Waals surface area contributed by atoms with Gasteiger partial charge in [-0.05, 0) is 31.2 Å². The van der Waals surface area contributed by atoms with Crippen molar-refractivity contribution in [1.29, 1.82) is 0 Å². The SMILES string of the molecule is COc1ccc(C)cc1CNc1ccc(N(C)C)c(Cl)c1. The fraction of sp³-hybridized carbons (Fsp3) is 0.294. The summed E-state index contributed by atoms with van der Waals surface area (Å²) >= 11 is 6.28. The van der Waals surface area contributed by atoms with Crippen LogP contribution in [-0.2, 0) is 6.54 Å². The summed E-state index contributed by atoms with van der Waals surface area (Å²) in [5, 5.41) is 4.12. The van der Waals surface area contributed by atoms with Gasteiger partial charge in [-0.1, -0.05) is 29.3 Å². The molecule has 2 aromatic rings. The Kier molecular flexibility index (Phi) is 4.97. The van der Waals surface area contributed by atoms with E-state index < -0.39 is 0 Å². The monoisotopic (exact) mass is 304 g/mol. The molecule has 3 nitrogen and oxygen atoms in total. The third kappa shape index (κ3) is 3.82. The Morgan fingerprint density at radius 3 is 2.52 bits per heavy atom. The molecule has 1 N–H and O–H groups in total. The van der Waals surface area contributed by atoms with Crippen LogP contribution in [0.15, 0.2) is 36.4 Å². The molecule has 0 saturated heterocycles. The first kappa shape index (κ1) is 15.5. The maximum Gasteiger partial charge on any atom is 0.123 e. The standard InChI is InChI=1S/C17H21ClN2O/c1-12-5-8-17(21-4)13(9-12)11-19-14-6-7-16(20(2)3)15(18)10-14/h5-10,19H,11H2,1-4H3. The average Bonchev–Trinajstić information content (AvgIpc) is 2.45. The highest BCUT2D eigenvalue weighted by Gasteiger charge is 2.06. The Morgan fingerprint density at radius 1 is 1.14 bits per heavy atom. The van der Waals surface area contributed by atoms with E-state index in [-0.39, 0.29) is 0 Å². The zero-order valence-electron chi connectivity index (χ0n) is 12.9. The van der Waals surface area contributed by atoms with Gasteiger partial charge in [-0.25, -0.2) is 0 Å². The molecule has 112 valence electrons. The second-order valence-electron chi connectivity index (χ2n) is 5.23. The summed E-state index contributed by atoms with van der Waals surface area (Å²) < 4.78 is 5.39. The summed E-state index contributed by atoms with van der Waals surface area (Å²) in [6.45, 7) is 2.77. The van der Waals surface area contributed by atoms with Gasteiger partial charge in [0.05, 0.1) is 17.8 Å². The quantitative estimate of drug-likeness (QED) is 0.889. The molecule has 21 heavy (non-hydrogen) atoms. The van der Waals surface area contributed by atoms with E-state index >= 15 is 0 Å². The molecule has 0 amide bonds. The summed E-state index contributed by atoms with van der Waals surface area (Å²) in [7, 11) is 5.65. The van der Waals surface area contributed by atoms with Gasteiger partial charge >= 0.3 is 0 Å². The maximum absolute atomic E-state index is 6.28. The highest BCUT2D eigenvalue weighted by molar-refractivity contribution is 6.33. The van der Waals surface area contributed by atoms with E-state index in [0.717, 1.165) is 27.7 Å². The van der Waals surface area contributed by atoms with Crippen LogP contribution in [0.5, 0.6) is 5.75 Å². The van der Waals surface area contributed by atoms with Gasteiger partial charge in [-0.2, -0.15) is 0 Å². The fourth-order valence-electron chi connectivity index (χ4n) is 2.22. The average molecular weight is 305 g/mol. The number of hydrogen-bond acceptors (Lipinski definition) is 3. The smallest absolute Gasteiger partial charge is 0.123 e. The first-order chi connectivity index (χ1) is 10.0. The van der Waals surface area contributed by atoms with E-state index in [2.05, 4.69) is 18.3 Å². The Balaban J connectivity index is 2.13. The van der Waals surface area contributed by atoms with Crippen LogP contribution in [0.4, 0.5) is 11.4 Å². The lowest BCUT2D eigenvalue weighted by Gasteiger charge is -2.16. The molecule has 2 aromatic carbocycles. The predicted molar refractivity (Wildman–Crippen MR) is 90.8 cm³/mol. The van der Waals surface area contributed by atoms with Gasteiger partial charge in [0.25, 0.3) is 0 Å². The summed E-state index contributed by atoms with van der Waals surface area (Å²) in [6.07, 6.45) is 0.